The summed E-state index contributed by atoms with van der Waals surface area (Å²) < 4.78 is 26.9. The van der Waals surface area contributed by atoms with Crippen LogP contribution < -0.4 is 4.72 Å². The Bertz CT molecular complexity index is 672. The molecule has 0 bridgehead atoms. The molecular formula is C14H17NO5S. The number of aliphatic carboxylic acids is 1. The molecule has 0 aliphatic heterocycles. The molecule has 0 heterocycles. The van der Waals surface area contributed by atoms with Gasteiger partial charge < -0.3 is 10.2 Å². The Morgan fingerprint density at radius 3 is 2.10 bits per heavy atom. The van der Waals surface area contributed by atoms with Gasteiger partial charge in [0.15, 0.2) is 0 Å². The van der Waals surface area contributed by atoms with Gasteiger partial charge in [-0.25, -0.2) is 13.1 Å². The van der Waals surface area contributed by atoms with Gasteiger partial charge in [-0.3, -0.25) is 4.79 Å². The quantitative estimate of drug-likeness (QED) is 0.714. The van der Waals surface area contributed by atoms with Crippen LogP contribution >= 0.6 is 0 Å². The number of benzene rings is 1. The minimum atomic E-state index is -3.69. The molecular weight excluding hydrogens is 294 g/mol. The van der Waals surface area contributed by atoms with Crippen molar-refractivity contribution in [3.8, 4) is 0 Å². The molecule has 0 saturated heterocycles. The summed E-state index contributed by atoms with van der Waals surface area (Å²) in [5, 5.41) is 18.4. The first-order valence-corrected chi connectivity index (χ1v) is 8.31. The van der Waals surface area contributed by atoms with Crippen LogP contribution in [0.4, 0.5) is 0 Å². The van der Waals surface area contributed by atoms with Crippen LogP contribution in [-0.2, 0) is 20.2 Å². The molecule has 7 heteroatoms. The maximum Gasteiger partial charge on any atom is 0.314 e. The lowest BCUT2D eigenvalue weighted by Gasteiger charge is -2.15. The van der Waals surface area contributed by atoms with Crippen molar-refractivity contribution in [3.63, 3.8) is 0 Å². The van der Waals surface area contributed by atoms with E-state index in [1.54, 1.807) is 12.1 Å². The van der Waals surface area contributed by atoms with Crippen molar-refractivity contribution in [2.24, 2.45) is 0 Å². The number of sulfonamides is 1. The number of carbonyl (C=O) groups is 1. The lowest BCUT2D eigenvalue weighted by atomic mass is 9.96. The Hall–Kier alpha value is -1.44. The van der Waals surface area contributed by atoms with Crippen molar-refractivity contribution >= 4 is 16.0 Å². The molecule has 0 spiro atoms. The molecule has 0 amide bonds. The van der Waals surface area contributed by atoms with Crippen LogP contribution in [0, 0.1) is 0 Å². The molecule has 3 N–H and O–H groups in total. The molecule has 2 aliphatic rings. The summed E-state index contributed by atoms with van der Waals surface area (Å²) >= 11 is 0. The lowest BCUT2D eigenvalue weighted by molar-refractivity contribution is -0.140. The number of hydrogen-bond donors (Lipinski definition) is 3. The van der Waals surface area contributed by atoms with Crippen LogP contribution in [0.3, 0.4) is 0 Å². The van der Waals surface area contributed by atoms with Crippen molar-refractivity contribution in [2.45, 2.75) is 41.5 Å². The van der Waals surface area contributed by atoms with Crippen molar-refractivity contribution in [3.05, 3.63) is 29.8 Å². The third-order valence-corrected chi connectivity index (χ3v) is 5.98. The van der Waals surface area contributed by atoms with E-state index in [0.29, 0.717) is 31.2 Å². The van der Waals surface area contributed by atoms with Crippen molar-refractivity contribution in [2.75, 3.05) is 6.61 Å². The summed E-state index contributed by atoms with van der Waals surface area (Å²) in [5.74, 6) is -0.867. The van der Waals surface area contributed by atoms with Gasteiger partial charge >= 0.3 is 5.97 Å². The minimum absolute atomic E-state index is 0.0900. The van der Waals surface area contributed by atoms with Gasteiger partial charge in [-0.1, -0.05) is 12.1 Å². The fraction of sp³-hybridized carbons (Fsp3) is 0.500. The predicted molar refractivity (Wildman–Crippen MR) is 74.4 cm³/mol. The Labute approximate surface area is 122 Å². The van der Waals surface area contributed by atoms with Crippen LogP contribution in [0.25, 0.3) is 0 Å². The van der Waals surface area contributed by atoms with Crippen LogP contribution in [0.5, 0.6) is 0 Å². The monoisotopic (exact) mass is 311 g/mol. The van der Waals surface area contributed by atoms with E-state index in [-0.39, 0.29) is 11.5 Å². The number of aliphatic hydroxyl groups excluding tert-OH is 1. The Morgan fingerprint density at radius 1 is 1.14 bits per heavy atom. The molecule has 3 rings (SSSR count). The number of rotatable bonds is 6. The third kappa shape index (κ3) is 2.45. The van der Waals surface area contributed by atoms with Gasteiger partial charge in [-0.2, -0.15) is 0 Å². The highest BCUT2D eigenvalue weighted by atomic mass is 32.2. The van der Waals surface area contributed by atoms with E-state index in [1.807, 2.05) is 0 Å². The van der Waals surface area contributed by atoms with Gasteiger partial charge in [-0.05, 0) is 43.4 Å². The van der Waals surface area contributed by atoms with Gasteiger partial charge in [0, 0.05) is 0 Å². The summed E-state index contributed by atoms with van der Waals surface area (Å²) in [6.07, 6.45) is 2.42. The predicted octanol–water partition coefficient (Wildman–Crippen LogP) is 0.606. The molecule has 0 radical (unpaired) electrons. The van der Waals surface area contributed by atoms with E-state index in [1.165, 1.54) is 12.1 Å². The number of aliphatic hydroxyl groups is 1. The van der Waals surface area contributed by atoms with Crippen LogP contribution in [0.15, 0.2) is 29.2 Å². The van der Waals surface area contributed by atoms with Gasteiger partial charge in [0.1, 0.15) is 0 Å². The molecule has 0 aromatic heterocycles. The van der Waals surface area contributed by atoms with Crippen LogP contribution in [0.1, 0.15) is 31.2 Å². The van der Waals surface area contributed by atoms with Gasteiger partial charge in [-0.15, -0.1) is 0 Å². The molecule has 0 atom stereocenters. The third-order valence-electron chi connectivity index (χ3n) is 4.38. The van der Waals surface area contributed by atoms with E-state index in [9.17, 15) is 23.4 Å². The standard InChI is InChI=1S/C14H17NO5S/c16-9-13(5-6-13)15-21(19,20)11-3-1-10(2-4-11)14(7-8-14)12(17)18/h1-4,15-16H,5-9H2,(H,17,18). The molecule has 0 unspecified atom stereocenters. The topological polar surface area (TPSA) is 104 Å². The maximum atomic E-state index is 12.2. The van der Waals surface area contributed by atoms with Crippen molar-refractivity contribution in [1.82, 2.24) is 4.72 Å². The average Bonchev–Trinajstić information content (AvgIpc) is 3.34. The number of carboxylic acid groups (broad SMARTS) is 1. The highest BCUT2D eigenvalue weighted by Crippen LogP contribution is 2.48. The number of carboxylic acids is 1. The average molecular weight is 311 g/mol. The first kappa shape index (κ1) is 14.5. The molecule has 1 aromatic rings. The van der Waals surface area contributed by atoms with Crippen molar-refractivity contribution in [1.29, 1.82) is 0 Å². The summed E-state index contributed by atoms with van der Waals surface area (Å²) in [6.45, 7) is -0.216. The van der Waals surface area contributed by atoms with E-state index >= 15 is 0 Å². The molecule has 2 fully saturated rings. The second kappa shape index (κ2) is 4.53. The Balaban J connectivity index is 1.83. The van der Waals surface area contributed by atoms with E-state index < -0.39 is 26.9 Å². The highest BCUT2D eigenvalue weighted by Gasteiger charge is 2.51. The fourth-order valence-electron chi connectivity index (χ4n) is 2.49. The fourth-order valence-corrected chi connectivity index (χ4v) is 3.94. The first-order chi connectivity index (χ1) is 9.84. The zero-order valence-electron chi connectivity index (χ0n) is 11.4. The van der Waals surface area contributed by atoms with Crippen molar-refractivity contribution < 1.29 is 23.4 Å². The smallest absolute Gasteiger partial charge is 0.314 e. The zero-order valence-corrected chi connectivity index (χ0v) is 12.2. The number of hydrogen-bond acceptors (Lipinski definition) is 4. The van der Waals surface area contributed by atoms with Crippen LogP contribution in [0.2, 0.25) is 0 Å². The summed E-state index contributed by atoms with van der Waals surface area (Å²) in [5.41, 5.74) is -0.910. The second-order valence-electron chi connectivity index (χ2n) is 5.96. The largest absolute Gasteiger partial charge is 0.481 e. The van der Waals surface area contributed by atoms with E-state index in [4.69, 9.17) is 0 Å². The highest BCUT2D eigenvalue weighted by molar-refractivity contribution is 7.89. The summed E-state index contributed by atoms with van der Waals surface area (Å²) in [7, 11) is -3.69. The van der Waals surface area contributed by atoms with Gasteiger partial charge in [0.05, 0.1) is 22.5 Å². The van der Waals surface area contributed by atoms with Gasteiger partial charge in [0.25, 0.3) is 0 Å². The normalized spacial score (nSPS) is 21.8. The minimum Gasteiger partial charge on any atom is -0.481 e. The van der Waals surface area contributed by atoms with Crippen LogP contribution in [-0.4, -0.2) is 36.7 Å². The first-order valence-electron chi connectivity index (χ1n) is 6.82. The van der Waals surface area contributed by atoms with E-state index in [0.717, 1.165) is 0 Å². The molecule has 21 heavy (non-hydrogen) atoms. The lowest BCUT2D eigenvalue weighted by Crippen LogP contribution is -2.39. The van der Waals surface area contributed by atoms with E-state index in [2.05, 4.69) is 4.72 Å². The summed E-state index contributed by atoms with van der Waals surface area (Å²) in [4.78, 5) is 11.3. The molecule has 114 valence electrons. The zero-order chi connectivity index (χ0) is 15.3. The summed E-state index contributed by atoms with van der Waals surface area (Å²) in [6, 6.07) is 5.98. The second-order valence-corrected chi connectivity index (χ2v) is 7.64. The maximum absolute atomic E-state index is 12.2. The molecule has 6 nitrogen and oxygen atoms in total. The molecule has 2 saturated carbocycles. The molecule has 2 aliphatic carbocycles. The SMILES string of the molecule is O=C(O)C1(c2ccc(S(=O)(=O)NC3(CO)CC3)cc2)CC1. The Morgan fingerprint density at radius 2 is 1.71 bits per heavy atom. The number of nitrogens with one attached hydrogen (secondary N) is 1. The van der Waals surface area contributed by atoms with Gasteiger partial charge in [0.2, 0.25) is 10.0 Å². The Kier molecular flexibility index (Phi) is 3.12. The molecule has 1 aromatic carbocycles.